The van der Waals surface area contributed by atoms with Gasteiger partial charge in [-0.25, -0.2) is 4.98 Å². The van der Waals surface area contributed by atoms with Crippen molar-refractivity contribution >= 4 is 17.1 Å². The van der Waals surface area contributed by atoms with E-state index in [-0.39, 0.29) is 0 Å². The van der Waals surface area contributed by atoms with E-state index in [1.807, 2.05) is 6.92 Å². The zero-order valence-electron chi connectivity index (χ0n) is 11.3. The molecule has 0 aliphatic rings. The second-order valence-electron chi connectivity index (χ2n) is 3.93. The average molecular weight is 265 g/mol. The van der Waals surface area contributed by atoms with Crippen LogP contribution in [0.3, 0.4) is 0 Å². The number of anilines is 1. The van der Waals surface area contributed by atoms with Crippen molar-refractivity contribution in [2.75, 3.05) is 31.7 Å². The van der Waals surface area contributed by atoms with Crippen LogP contribution >= 0.6 is 0 Å². The lowest BCUT2D eigenvalue weighted by molar-refractivity contribution is 0.109. The van der Waals surface area contributed by atoms with Crippen molar-refractivity contribution in [3.8, 4) is 5.88 Å². The van der Waals surface area contributed by atoms with Crippen molar-refractivity contribution in [1.82, 2.24) is 19.9 Å². The fourth-order valence-electron chi connectivity index (χ4n) is 1.57. The first-order chi connectivity index (χ1) is 9.35. The highest BCUT2D eigenvalue weighted by Crippen LogP contribution is 2.20. The quantitative estimate of drug-likeness (QED) is 0.705. The molecule has 104 valence electrons. The van der Waals surface area contributed by atoms with E-state index in [0.29, 0.717) is 42.8 Å². The fourth-order valence-corrected chi connectivity index (χ4v) is 1.57. The molecule has 2 heterocycles. The predicted molar refractivity (Wildman–Crippen MR) is 72.5 cm³/mol. The molecule has 2 N–H and O–H groups in total. The van der Waals surface area contributed by atoms with E-state index >= 15 is 0 Å². The Kier molecular flexibility index (Phi) is 4.91. The lowest BCUT2D eigenvalue weighted by Crippen LogP contribution is -2.10. The van der Waals surface area contributed by atoms with Crippen LogP contribution in [0, 0.1) is 0 Å². The van der Waals surface area contributed by atoms with Gasteiger partial charge in [0.05, 0.1) is 12.9 Å². The summed E-state index contributed by atoms with van der Waals surface area (Å²) in [5, 5.41) is 3.13. The molecule has 0 aromatic carbocycles. The molecular weight excluding hydrogens is 246 g/mol. The number of aromatic amines is 1. The van der Waals surface area contributed by atoms with Gasteiger partial charge in [-0.2, -0.15) is 9.97 Å². The third kappa shape index (κ3) is 3.54. The Labute approximate surface area is 111 Å². The molecule has 0 radical (unpaired) electrons. The van der Waals surface area contributed by atoms with E-state index in [9.17, 15) is 0 Å². The van der Waals surface area contributed by atoms with Gasteiger partial charge in [0.2, 0.25) is 11.8 Å². The molecule has 0 saturated carbocycles. The smallest absolute Gasteiger partial charge is 0.245 e. The maximum atomic E-state index is 5.61. The highest BCUT2D eigenvalue weighted by atomic mass is 16.5. The minimum atomic E-state index is 0.451. The fraction of sp³-hybridized carbons (Fsp3) is 0.583. The molecule has 0 aliphatic carbocycles. The molecule has 0 fully saturated rings. The van der Waals surface area contributed by atoms with E-state index in [0.717, 1.165) is 13.0 Å². The summed E-state index contributed by atoms with van der Waals surface area (Å²) >= 11 is 0. The molecule has 0 atom stereocenters. The molecule has 7 heteroatoms. The Morgan fingerprint density at radius 1 is 1.26 bits per heavy atom. The number of H-pyrrole nitrogens is 1. The minimum Gasteiger partial charge on any atom is -0.474 e. The Morgan fingerprint density at radius 2 is 2.16 bits per heavy atom. The number of rotatable bonds is 8. The Bertz CT molecular complexity index is 514. The predicted octanol–water partition coefficient (Wildman–Crippen LogP) is 1.59. The zero-order chi connectivity index (χ0) is 13.5. The normalized spacial score (nSPS) is 10.8. The second-order valence-corrected chi connectivity index (χ2v) is 3.93. The van der Waals surface area contributed by atoms with Gasteiger partial charge in [-0.15, -0.1) is 0 Å². The van der Waals surface area contributed by atoms with Crippen molar-refractivity contribution < 1.29 is 9.47 Å². The molecule has 0 unspecified atom stereocenters. The first-order valence-corrected chi connectivity index (χ1v) is 6.50. The number of hydrogen-bond acceptors (Lipinski definition) is 6. The van der Waals surface area contributed by atoms with Gasteiger partial charge in [-0.3, -0.25) is 0 Å². The summed E-state index contributed by atoms with van der Waals surface area (Å²) in [4.78, 5) is 15.8. The molecule has 2 aromatic heterocycles. The van der Waals surface area contributed by atoms with E-state index in [1.165, 1.54) is 0 Å². The second kappa shape index (κ2) is 6.89. The van der Waals surface area contributed by atoms with Crippen LogP contribution in [0.5, 0.6) is 5.88 Å². The van der Waals surface area contributed by atoms with Crippen LogP contribution < -0.4 is 10.1 Å². The maximum absolute atomic E-state index is 5.61. The van der Waals surface area contributed by atoms with Crippen LogP contribution in [0.1, 0.15) is 20.3 Å². The van der Waals surface area contributed by atoms with Gasteiger partial charge in [0.25, 0.3) is 0 Å². The van der Waals surface area contributed by atoms with Crippen LogP contribution in [0.2, 0.25) is 0 Å². The largest absolute Gasteiger partial charge is 0.474 e. The molecule has 0 amide bonds. The molecule has 0 saturated heterocycles. The third-order valence-corrected chi connectivity index (χ3v) is 2.46. The molecule has 19 heavy (non-hydrogen) atoms. The minimum absolute atomic E-state index is 0.451. The average Bonchev–Trinajstić information content (AvgIpc) is 2.89. The molecule has 2 aromatic rings. The summed E-state index contributed by atoms with van der Waals surface area (Å²) in [5.41, 5.74) is 1.30. The molecule has 0 spiro atoms. The lowest BCUT2D eigenvalue weighted by Gasteiger charge is -2.08. The van der Waals surface area contributed by atoms with Crippen molar-refractivity contribution in [3.63, 3.8) is 0 Å². The number of fused-ring (bicyclic) bond motifs is 1. The topological polar surface area (TPSA) is 85.0 Å². The zero-order valence-corrected chi connectivity index (χ0v) is 11.3. The first kappa shape index (κ1) is 13.5. The van der Waals surface area contributed by atoms with E-state index in [1.54, 1.807) is 6.33 Å². The van der Waals surface area contributed by atoms with Crippen LogP contribution in [0.25, 0.3) is 11.2 Å². The summed E-state index contributed by atoms with van der Waals surface area (Å²) in [7, 11) is 0. The number of imidazole rings is 1. The molecule has 2 rings (SSSR count). The number of nitrogens with one attached hydrogen (secondary N) is 2. The van der Waals surface area contributed by atoms with Gasteiger partial charge in [0, 0.05) is 13.2 Å². The summed E-state index contributed by atoms with van der Waals surface area (Å²) in [6.07, 6.45) is 2.58. The first-order valence-electron chi connectivity index (χ1n) is 6.50. The van der Waals surface area contributed by atoms with Crippen LogP contribution in [0.4, 0.5) is 5.95 Å². The summed E-state index contributed by atoms with van der Waals surface area (Å²) in [6.45, 7) is 6.51. The standard InChI is InChI=1S/C12H19N5O2/c1-3-5-13-12-16-10-9(14-8-15-10)11(17-12)19-7-6-18-4-2/h8H,3-7H2,1-2H3,(H2,13,14,15,16,17). The van der Waals surface area contributed by atoms with Gasteiger partial charge in [-0.1, -0.05) is 6.92 Å². The molecule has 7 nitrogen and oxygen atoms in total. The van der Waals surface area contributed by atoms with Gasteiger partial charge in [-0.05, 0) is 13.3 Å². The molecular formula is C12H19N5O2. The maximum Gasteiger partial charge on any atom is 0.245 e. The van der Waals surface area contributed by atoms with E-state index < -0.39 is 0 Å². The molecule has 0 bridgehead atoms. The van der Waals surface area contributed by atoms with Gasteiger partial charge >= 0.3 is 0 Å². The Morgan fingerprint density at radius 3 is 2.95 bits per heavy atom. The van der Waals surface area contributed by atoms with E-state index in [4.69, 9.17) is 9.47 Å². The van der Waals surface area contributed by atoms with Crippen molar-refractivity contribution in [2.45, 2.75) is 20.3 Å². The third-order valence-electron chi connectivity index (χ3n) is 2.46. The summed E-state index contributed by atoms with van der Waals surface area (Å²) in [6, 6.07) is 0. The van der Waals surface area contributed by atoms with Crippen molar-refractivity contribution in [2.24, 2.45) is 0 Å². The number of hydrogen-bond donors (Lipinski definition) is 2. The van der Waals surface area contributed by atoms with Gasteiger partial charge in [0.1, 0.15) is 12.1 Å². The van der Waals surface area contributed by atoms with Gasteiger partial charge in [0.15, 0.2) is 5.65 Å². The number of aromatic nitrogens is 4. The van der Waals surface area contributed by atoms with E-state index in [2.05, 4.69) is 32.2 Å². The Hall–Kier alpha value is -1.89. The SMILES string of the molecule is CCCNc1nc(OCCOCC)c2[nH]cnc2n1. The number of nitrogens with zero attached hydrogens (tertiary/aromatic N) is 3. The van der Waals surface area contributed by atoms with Crippen LogP contribution in [0.15, 0.2) is 6.33 Å². The highest BCUT2D eigenvalue weighted by molar-refractivity contribution is 5.76. The van der Waals surface area contributed by atoms with Gasteiger partial charge < -0.3 is 19.8 Å². The monoisotopic (exact) mass is 265 g/mol. The van der Waals surface area contributed by atoms with Crippen LogP contribution in [-0.2, 0) is 4.74 Å². The summed E-state index contributed by atoms with van der Waals surface area (Å²) in [5.74, 6) is 1.04. The Balaban J connectivity index is 2.12. The number of ether oxygens (including phenoxy) is 2. The van der Waals surface area contributed by atoms with Crippen LogP contribution in [-0.4, -0.2) is 46.3 Å². The molecule has 0 aliphatic heterocycles. The summed E-state index contributed by atoms with van der Waals surface area (Å²) < 4.78 is 10.8. The highest BCUT2D eigenvalue weighted by Gasteiger charge is 2.10. The lowest BCUT2D eigenvalue weighted by atomic mass is 10.5. The van der Waals surface area contributed by atoms with Crippen molar-refractivity contribution in [3.05, 3.63) is 6.33 Å². The van der Waals surface area contributed by atoms with Crippen molar-refractivity contribution in [1.29, 1.82) is 0 Å².